The van der Waals surface area contributed by atoms with Gasteiger partial charge < -0.3 is 19.4 Å². The van der Waals surface area contributed by atoms with Gasteiger partial charge in [0, 0.05) is 6.20 Å². The van der Waals surface area contributed by atoms with Crippen LogP contribution in [0.25, 0.3) is 6.08 Å². The van der Waals surface area contributed by atoms with Crippen molar-refractivity contribution in [3.05, 3.63) is 168 Å². The van der Waals surface area contributed by atoms with Crippen LogP contribution in [-0.2, 0) is 26.4 Å². The summed E-state index contributed by atoms with van der Waals surface area (Å²) < 4.78 is 13.1. The highest BCUT2D eigenvalue weighted by Crippen LogP contribution is 2.40. The molecule has 234 valence electrons. The number of carbonyl (C=O) groups is 2. The average molecular weight is 614 g/mol. The molecule has 0 radical (unpaired) electrons. The second-order valence-corrected chi connectivity index (χ2v) is 11.9. The standard InChI is InChI=1S/C39H39N3O4/c1-38(2,3)46-36(43)35(41-37(44)45-28-30-17-8-4-9-18-30)26-16-25-34-27-42(29-40-34)39(31-19-10-5-11-20-31,32-21-12-6-13-22-32)33-23-14-7-15-24-33/h4-25,27,29,35H,26,28H2,1-3H3,(H,41,44)/t35-/m0/s1. The van der Waals surface area contributed by atoms with Gasteiger partial charge in [0.25, 0.3) is 0 Å². The van der Waals surface area contributed by atoms with E-state index in [0.717, 1.165) is 22.3 Å². The van der Waals surface area contributed by atoms with Gasteiger partial charge in [0.2, 0.25) is 0 Å². The van der Waals surface area contributed by atoms with Crippen molar-refractivity contribution in [1.29, 1.82) is 0 Å². The van der Waals surface area contributed by atoms with Gasteiger partial charge in [-0.05, 0) is 55.5 Å². The van der Waals surface area contributed by atoms with E-state index in [1.54, 1.807) is 20.8 Å². The fraction of sp³-hybridized carbons (Fsp3) is 0.205. The molecule has 0 bridgehead atoms. The maximum Gasteiger partial charge on any atom is 0.408 e. The molecular weight excluding hydrogens is 574 g/mol. The Bertz CT molecular complexity index is 1630. The molecule has 7 nitrogen and oxygen atoms in total. The zero-order valence-electron chi connectivity index (χ0n) is 26.4. The minimum atomic E-state index is -0.946. The molecule has 0 aliphatic heterocycles. The van der Waals surface area contributed by atoms with Crippen LogP contribution < -0.4 is 5.32 Å². The number of benzene rings is 4. The predicted octanol–water partition coefficient (Wildman–Crippen LogP) is 7.76. The summed E-state index contributed by atoms with van der Waals surface area (Å²) in [6.07, 6.45) is 6.97. The van der Waals surface area contributed by atoms with Crippen LogP contribution in [0.5, 0.6) is 0 Å². The lowest BCUT2D eigenvalue weighted by Gasteiger charge is -2.37. The summed E-state index contributed by atoms with van der Waals surface area (Å²) in [7, 11) is 0. The van der Waals surface area contributed by atoms with Gasteiger partial charge in [-0.25, -0.2) is 14.6 Å². The number of amides is 1. The molecule has 1 heterocycles. The Morgan fingerprint density at radius 3 is 1.78 bits per heavy atom. The summed E-state index contributed by atoms with van der Waals surface area (Å²) in [5, 5.41) is 2.68. The first-order chi connectivity index (χ1) is 22.3. The fourth-order valence-electron chi connectivity index (χ4n) is 5.41. The molecule has 46 heavy (non-hydrogen) atoms. The highest BCUT2D eigenvalue weighted by molar-refractivity contribution is 5.82. The number of nitrogens with one attached hydrogen (secondary N) is 1. The summed E-state index contributed by atoms with van der Waals surface area (Å²) in [6.45, 7) is 5.46. The summed E-state index contributed by atoms with van der Waals surface area (Å²) in [5.74, 6) is -0.546. The van der Waals surface area contributed by atoms with Crippen LogP contribution in [0.1, 0.15) is 55.1 Å². The summed E-state index contributed by atoms with van der Waals surface area (Å²) >= 11 is 0. The maximum atomic E-state index is 13.1. The molecule has 4 aromatic carbocycles. The van der Waals surface area contributed by atoms with Crippen LogP contribution >= 0.6 is 0 Å². The lowest BCUT2D eigenvalue weighted by molar-refractivity contribution is -0.157. The molecule has 0 aliphatic rings. The van der Waals surface area contributed by atoms with Crippen molar-refractivity contribution < 1.29 is 19.1 Å². The average Bonchev–Trinajstić information content (AvgIpc) is 3.54. The fourth-order valence-corrected chi connectivity index (χ4v) is 5.41. The Morgan fingerprint density at radius 1 is 0.783 bits per heavy atom. The third kappa shape index (κ3) is 7.80. The quantitative estimate of drug-likeness (QED) is 0.122. The SMILES string of the molecule is CC(C)(C)OC(=O)[C@H](CC=Cc1cn(C(c2ccccc2)(c2ccccc2)c2ccccc2)cn1)NC(=O)OCc1ccccc1. The van der Waals surface area contributed by atoms with Gasteiger partial charge in [-0.2, -0.15) is 0 Å². The minimum absolute atomic E-state index is 0.0903. The van der Waals surface area contributed by atoms with E-state index in [4.69, 9.17) is 14.5 Å². The molecule has 5 rings (SSSR count). The molecule has 0 spiro atoms. The topological polar surface area (TPSA) is 82.5 Å². The van der Waals surface area contributed by atoms with E-state index in [2.05, 4.69) is 46.3 Å². The van der Waals surface area contributed by atoms with Gasteiger partial charge in [0.15, 0.2) is 0 Å². The number of alkyl carbamates (subject to hydrolysis) is 1. The molecule has 1 atom stereocenters. The normalized spacial score (nSPS) is 12.4. The zero-order chi connectivity index (χ0) is 32.4. The number of hydrogen-bond donors (Lipinski definition) is 1. The van der Waals surface area contributed by atoms with E-state index in [1.165, 1.54) is 0 Å². The van der Waals surface area contributed by atoms with Crippen LogP contribution in [-0.4, -0.2) is 33.3 Å². The summed E-state index contributed by atoms with van der Waals surface area (Å²) in [5.41, 5.74) is 3.40. The first-order valence-corrected chi connectivity index (χ1v) is 15.3. The molecule has 0 saturated heterocycles. The summed E-state index contributed by atoms with van der Waals surface area (Å²) in [6, 6.07) is 39.5. The van der Waals surface area contributed by atoms with Gasteiger partial charge in [0.05, 0.1) is 12.0 Å². The maximum absolute atomic E-state index is 13.1. The Labute approximate surface area is 270 Å². The van der Waals surface area contributed by atoms with Crippen molar-refractivity contribution in [2.75, 3.05) is 0 Å². The van der Waals surface area contributed by atoms with E-state index < -0.39 is 29.2 Å². The Balaban J connectivity index is 1.41. The van der Waals surface area contributed by atoms with Crippen LogP contribution in [0.2, 0.25) is 0 Å². The van der Waals surface area contributed by atoms with Crippen LogP contribution in [0.4, 0.5) is 4.79 Å². The number of aromatic nitrogens is 2. The van der Waals surface area contributed by atoms with Gasteiger partial charge in [0.1, 0.15) is 23.8 Å². The first kappa shape index (κ1) is 32.0. The molecule has 5 aromatic rings. The Kier molecular flexibility index (Phi) is 10.1. The highest BCUT2D eigenvalue weighted by Gasteiger charge is 2.38. The monoisotopic (exact) mass is 613 g/mol. The first-order valence-electron chi connectivity index (χ1n) is 15.3. The third-order valence-electron chi connectivity index (χ3n) is 7.42. The molecule has 1 amide bonds. The van der Waals surface area contributed by atoms with E-state index in [1.807, 2.05) is 110 Å². The second kappa shape index (κ2) is 14.6. The number of nitrogens with zero attached hydrogens (tertiary/aromatic N) is 2. The molecular formula is C39H39N3O4. The van der Waals surface area contributed by atoms with Gasteiger partial charge in [-0.15, -0.1) is 0 Å². The number of rotatable bonds is 11. The van der Waals surface area contributed by atoms with E-state index in [-0.39, 0.29) is 13.0 Å². The number of hydrogen-bond acceptors (Lipinski definition) is 5. The van der Waals surface area contributed by atoms with E-state index in [9.17, 15) is 9.59 Å². The molecule has 7 heteroatoms. The molecule has 0 aliphatic carbocycles. The van der Waals surface area contributed by atoms with Crippen molar-refractivity contribution in [1.82, 2.24) is 14.9 Å². The molecule has 1 N–H and O–H groups in total. The molecule has 0 saturated carbocycles. The van der Waals surface area contributed by atoms with Crippen molar-refractivity contribution in [3.8, 4) is 0 Å². The van der Waals surface area contributed by atoms with Crippen LogP contribution in [0, 0.1) is 0 Å². The van der Waals surface area contributed by atoms with E-state index >= 15 is 0 Å². The van der Waals surface area contributed by atoms with Crippen LogP contribution in [0.3, 0.4) is 0 Å². The minimum Gasteiger partial charge on any atom is -0.458 e. The third-order valence-corrected chi connectivity index (χ3v) is 7.42. The van der Waals surface area contributed by atoms with Gasteiger partial charge in [-0.1, -0.05) is 127 Å². The largest absolute Gasteiger partial charge is 0.458 e. The molecule has 1 aromatic heterocycles. The van der Waals surface area contributed by atoms with Crippen molar-refractivity contribution in [3.63, 3.8) is 0 Å². The number of esters is 1. The van der Waals surface area contributed by atoms with Crippen LogP contribution in [0.15, 0.2) is 140 Å². The number of imidazole rings is 1. The van der Waals surface area contributed by atoms with Crippen molar-refractivity contribution in [2.45, 2.75) is 51.0 Å². The number of carbonyl (C=O) groups excluding carboxylic acids is 2. The lowest BCUT2D eigenvalue weighted by Crippen LogP contribution is -2.44. The second-order valence-electron chi connectivity index (χ2n) is 11.9. The van der Waals surface area contributed by atoms with Crippen molar-refractivity contribution in [2.24, 2.45) is 0 Å². The zero-order valence-corrected chi connectivity index (χ0v) is 26.4. The van der Waals surface area contributed by atoms with Gasteiger partial charge in [-0.3, -0.25) is 0 Å². The van der Waals surface area contributed by atoms with Crippen molar-refractivity contribution >= 4 is 18.1 Å². The Hall–Kier alpha value is -5.43. The highest BCUT2D eigenvalue weighted by atomic mass is 16.6. The Morgan fingerprint density at radius 2 is 1.28 bits per heavy atom. The molecule has 0 unspecified atom stereocenters. The lowest BCUT2D eigenvalue weighted by atomic mass is 9.77. The predicted molar refractivity (Wildman–Crippen MR) is 180 cm³/mol. The number of ether oxygens (including phenoxy) is 2. The molecule has 0 fully saturated rings. The van der Waals surface area contributed by atoms with Gasteiger partial charge >= 0.3 is 12.1 Å². The smallest absolute Gasteiger partial charge is 0.408 e. The van der Waals surface area contributed by atoms with E-state index in [0.29, 0.717) is 5.69 Å². The summed E-state index contributed by atoms with van der Waals surface area (Å²) in [4.78, 5) is 30.5.